The summed E-state index contributed by atoms with van der Waals surface area (Å²) >= 11 is 0. The fourth-order valence-electron chi connectivity index (χ4n) is 1.35. The van der Waals surface area contributed by atoms with Crippen LogP contribution < -0.4 is 10.5 Å². The molecule has 0 fully saturated rings. The third-order valence-electron chi connectivity index (χ3n) is 2.49. The zero-order valence-electron chi connectivity index (χ0n) is 10.7. The van der Waals surface area contributed by atoms with Crippen molar-refractivity contribution in [3.05, 3.63) is 17.7 Å². The largest absolute Gasteiger partial charge is 0.504 e. The lowest BCUT2D eigenvalue weighted by Crippen LogP contribution is -2.31. The monoisotopic (exact) mass is 285 g/mol. The van der Waals surface area contributed by atoms with Crippen molar-refractivity contribution in [2.75, 3.05) is 13.7 Å². The summed E-state index contributed by atoms with van der Waals surface area (Å²) in [5, 5.41) is 27.4. The van der Waals surface area contributed by atoms with Gasteiger partial charge in [0.1, 0.15) is 6.04 Å². The molecule has 0 aromatic heterocycles. The smallest absolute Gasteiger partial charge is 0.338 e. The molecule has 0 amide bonds. The average Bonchev–Trinajstić information content (AvgIpc) is 2.41. The molecule has 0 saturated heterocycles. The van der Waals surface area contributed by atoms with Crippen molar-refractivity contribution in [1.82, 2.24) is 0 Å². The average molecular weight is 285 g/mol. The second-order valence-electron chi connectivity index (χ2n) is 3.92. The van der Waals surface area contributed by atoms with Crippen LogP contribution in [0.4, 0.5) is 0 Å². The Balaban J connectivity index is 2.69. The predicted molar refractivity (Wildman–Crippen MR) is 66.8 cm³/mol. The molecule has 1 aromatic rings. The molecule has 8 nitrogen and oxygen atoms in total. The van der Waals surface area contributed by atoms with E-state index < -0.39 is 29.5 Å². The zero-order chi connectivity index (χ0) is 15.3. The van der Waals surface area contributed by atoms with Gasteiger partial charge < -0.3 is 30.5 Å². The van der Waals surface area contributed by atoms with Gasteiger partial charge in [-0.2, -0.15) is 0 Å². The number of hydrogen-bond donors (Lipinski definition) is 4. The lowest BCUT2D eigenvalue weighted by atomic mass is 10.2. The normalized spacial score (nSPS) is 11.7. The van der Waals surface area contributed by atoms with E-state index in [0.29, 0.717) is 0 Å². The fourth-order valence-corrected chi connectivity index (χ4v) is 1.35. The van der Waals surface area contributed by atoms with Crippen molar-refractivity contribution >= 4 is 11.9 Å². The van der Waals surface area contributed by atoms with Gasteiger partial charge in [0.15, 0.2) is 11.5 Å². The number of phenols is 2. The van der Waals surface area contributed by atoms with Crippen molar-refractivity contribution in [2.45, 2.75) is 12.5 Å². The Kier molecular flexibility index (Phi) is 5.15. The topological polar surface area (TPSA) is 139 Å². The number of aliphatic carboxylic acids is 1. The van der Waals surface area contributed by atoms with Gasteiger partial charge in [0.05, 0.1) is 19.3 Å². The molecule has 0 aliphatic carbocycles. The van der Waals surface area contributed by atoms with Crippen LogP contribution in [-0.2, 0) is 9.53 Å². The van der Waals surface area contributed by atoms with Gasteiger partial charge in [0.25, 0.3) is 0 Å². The Bertz CT molecular complexity index is 515. The van der Waals surface area contributed by atoms with E-state index in [1.54, 1.807) is 0 Å². The minimum absolute atomic E-state index is 0.0394. The quantitative estimate of drug-likeness (QED) is 0.425. The number of phenolic OH excluding ortho intramolecular Hbond substituents is 2. The van der Waals surface area contributed by atoms with E-state index in [0.717, 1.165) is 6.07 Å². The summed E-state index contributed by atoms with van der Waals surface area (Å²) in [6, 6.07) is 1.08. The second-order valence-corrected chi connectivity index (χ2v) is 3.92. The molecular weight excluding hydrogens is 270 g/mol. The Morgan fingerprint density at radius 3 is 2.55 bits per heavy atom. The van der Waals surface area contributed by atoms with Gasteiger partial charge in [-0.05, 0) is 12.1 Å². The molecule has 110 valence electrons. The highest BCUT2D eigenvalue weighted by atomic mass is 16.5. The number of esters is 1. The summed E-state index contributed by atoms with van der Waals surface area (Å²) in [6.07, 6.45) is -0.0394. The first kappa shape index (κ1) is 15.6. The van der Waals surface area contributed by atoms with E-state index in [4.69, 9.17) is 20.3 Å². The molecule has 0 radical (unpaired) electrons. The third-order valence-corrected chi connectivity index (χ3v) is 2.49. The van der Waals surface area contributed by atoms with Crippen molar-refractivity contribution in [1.29, 1.82) is 0 Å². The van der Waals surface area contributed by atoms with Crippen LogP contribution in [0.1, 0.15) is 16.8 Å². The summed E-state index contributed by atoms with van der Waals surface area (Å²) in [4.78, 5) is 22.1. The van der Waals surface area contributed by atoms with Crippen LogP contribution in [0.3, 0.4) is 0 Å². The SMILES string of the molecule is COc1cc(C(=O)OCC[C@H](N)C(=O)O)cc(O)c1O. The number of ether oxygens (including phenoxy) is 2. The number of carboxylic acid groups (broad SMARTS) is 1. The van der Waals surface area contributed by atoms with Gasteiger partial charge in [0, 0.05) is 6.42 Å². The number of methoxy groups -OCH3 is 1. The van der Waals surface area contributed by atoms with E-state index >= 15 is 0 Å². The Hall–Kier alpha value is -2.48. The molecule has 8 heteroatoms. The van der Waals surface area contributed by atoms with Crippen molar-refractivity contribution < 1.29 is 34.4 Å². The minimum Gasteiger partial charge on any atom is -0.504 e. The highest BCUT2D eigenvalue weighted by Crippen LogP contribution is 2.36. The van der Waals surface area contributed by atoms with Gasteiger partial charge in [-0.3, -0.25) is 4.79 Å². The minimum atomic E-state index is -1.19. The number of aromatic hydroxyl groups is 2. The summed E-state index contributed by atoms with van der Waals surface area (Å²) in [5.74, 6) is -3.09. The first-order valence-electron chi connectivity index (χ1n) is 5.62. The van der Waals surface area contributed by atoms with E-state index in [2.05, 4.69) is 0 Å². The standard InChI is InChI=1S/C12H15NO7/c1-19-9-5-6(4-8(14)10(9)15)12(18)20-3-2-7(13)11(16)17/h4-5,7,14-15H,2-3,13H2,1H3,(H,16,17)/t7-/m0/s1. The number of benzene rings is 1. The van der Waals surface area contributed by atoms with Crippen molar-refractivity contribution in [3.63, 3.8) is 0 Å². The van der Waals surface area contributed by atoms with Gasteiger partial charge in [0.2, 0.25) is 5.75 Å². The summed E-state index contributed by atoms with van der Waals surface area (Å²) in [5.41, 5.74) is 5.21. The van der Waals surface area contributed by atoms with Crippen molar-refractivity contribution in [2.24, 2.45) is 5.73 Å². The first-order chi connectivity index (χ1) is 9.36. The van der Waals surface area contributed by atoms with Gasteiger partial charge in [-0.25, -0.2) is 4.79 Å². The molecule has 5 N–H and O–H groups in total. The number of carboxylic acids is 1. The van der Waals surface area contributed by atoms with Gasteiger partial charge in [-0.15, -0.1) is 0 Å². The maximum absolute atomic E-state index is 11.7. The van der Waals surface area contributed by atoms with Crippen LogP contribution in [0.5, 0.6) is 17.2 Å². The molecule has 0 heterocycles. The highest BCUT2D eigenvalue weighted by molar-refractivity contribution is 5.91. The zero-order valence-corrected chi connectivity index (χ0v) is 10.7. The van der Waals surface area contributed by atoms with Crippen LogP contribution in [0.2, 0.25) is 0 Å². The molecule has 20 heavy (non-hydrogen) atoms. The Morgan fingerprint density at radius 2 is 2.00 bits per heavy atom. The number of hydrogen-bond acceptors (Lipinski definition) is 7. The van der Waals surface area contributed by atoms with E-state index in [1.807, 2.05) is 0 Å². The summed E-state index contributed by atoms with van der Waals surface area (Å²) < 4.78 is 9.59. The molecule has 0 unspecified atom stereocenters. The van der Waals surface area contributed by atoms with Crippen LogP contribution in [0.15, 0.2) is 12.1 Å². The van der Waals surface area contributed by atoms with E-state index in [9.17, 15) is 19.8 Å². The maximum atomic E-state index is 11.7. The molecule has 1 atom stereocenters. The highest BCUT2D eigenvalue weighted by Gasteiger charge is 2.17. The molecular formula is C12H15NO7. The third kappa shape index (κ3) is 3.75. The number of carbonyl (C=O) groups is 2. The predicted octanol–water partition coefficient (Wildman–Crippen LogP) is 0.0652. The van der Waals surface area contributed by atoms with Crippen LogP contribution in [0, 0.1) is 0 Å². The molecule has 1 aromatic carbocycles. The Labute approximate surface area is 114 Å². The Morgan fingerprint density at radius 1 is 1.35 bits per heavy atom. The number of rotatable bonds is 6. The van der Waals surface area contributed by atoms with Crippen LogP contribution in [-0.4, -0.2) is 47.0 Å². The van der Waals surface area contributed by atoms with Gasteiger partial charge in [-0.1, -0.05) is 0 Å². The van der Waals surface area contributed by atoms with Crippen LogP contribution in [0.25, 0.3) is 0 Å². The lowest BCUT2D eigenvalue weighted by molar-refractivity contribution is -0.138. The van der Waals surface area contributed by atoms with Crippen LogP contribution >= 0.6 is 0 Å². The lowest BCUT2D eigenvalue weighted by Gasteiger charge is -2.10. The molecule has 0 aliphatic rings. The summed E-state index contributed by atoms with van der Waals surface area (Å²) in [7, 11) is 1.26. The van der Waals surface area contributed by atoms with Gasteiger partial charge >= 0.3 is 11.9 Å². The molecule has 0 aliphatic heterocycles. The van der Waals surface area contributed by atoms with E-state index in [-0.39, 0.29) is 24.3 Å². The number of nitrogens with two attached hydrogens (primary N) is 1. The maximum Gasteiger partial charge on any atom is 0.338 e. The fraction of sp³-hybridized carbons (Fsp3) is 0.333. The number of carbonyl (C=O) groups excluding carboxylic acids is 1. The van der Waals surface area contributed by atoms with Crippen molar-refractivity contribution in [3.8, 4) is 17.2 Å². The van der Waals surface area contributed by atoms with E-state index in [1.165, 1.54) is 13.2 Å². The molecule has 0 spiro atoms. The molecule has 0 bridgehead atoms. The summed E-state index contributed by atoms with van der Waals surface area (Å²) in [6.45, 7) is -0.184. The molecule has 1 rings (SSSR count). The first-order valence-corrected chi connectivity index (χ1v) is 5.62. The molecule has 0 saturated carbocycles. The second kappa shape index (κ2) is 6.62.